The molecule has 1 fully saturated rings. The van der Waals surface area contributed by atoms with Crippen molar-refractivity contribution in [3.8, 4) is 0 Å². The molecule has 2 aromatic rings. The van der Waals surface area contributed by atoms with Gasteiger partial charge in [0, 0.05) is 26.2 Å². The molecular formula is C15H21N5O2S. The van der Waals surface area contributed by atoms with Crippen molar-refractivity contribution in [3.05, 3.63) is 34.3 Å². The molecule has 2 N–H and O–H groups in total. The average Bonchev–Trinajstić information content (AvgIpc) is 3.29. The molecule has 0 aliphatic carbocycles. The summed E-state index contributed by atoms with van der Waals surface area (Å²) in [5.41, 5.74) is 6.98. The second-order valence-electron chi connectivity index (χ2n) is 5.61. The van der Waals surface area contributed by atoms with Gasteiger partial charge in [-0.25, -0.2) is 0 Å². The van der Waals surface area contributed by atoms with Crippen molar-refractivity contribution in [2.75, 3.05) is 19.7 Å². The Labute approximate surface area is 139 Å². The Morgan fingerprint density at radius 3 is 3.17 bits per heavy atom. The van der Waals surface area contributed by atoms with Crippen molar-refractivity contribution in [1.29, 1.82) is 0 Å². The topological polar surface area (TPSA) is 86.3 Å². The van der Waals surface area contributed by atoms with E-state index in [1.54, 1.807) is 27.1 Å². The Morgan fingerprint density at radius 1 is 1.57 bits per heavy atom. The first-order chi connectivity index (χ1) is 11.3. The number of aromatic nitrogens is 3. The Morgan fingerprint density at radius 2 is 2.48 bits per heavy atom. The van der Waals surface area contributed by atoms with Crippen LogP contribution in [0.3, 0.4) is 0 Å². The predicted octanol–water partition coefficient (Wildman–Crippen LogP) is 1.12. The van der Waals surface area contributed by atoms with Crippen LogP contribution in [0.25, 0.3) is 0 Å². The lowest BCUT2D eigenvalue weighted by atomic mass is 10.2. The first-order valence-corrected chi connectivity index (χ1v) is 8.72. The monoisotopic (exact) mass is 335 g/mol. The lowest BCUT2D eigenvalue weighted by Gasteiger charge is -2.24. The standard InChI is InChI=1S/C15H21N5O2S/c16-4-5-20-10-14(17-18-20)15(21)19(8-12-3-7-23-11-12)9-13-2-1-6-22-13/h3,7,10-11,13H,1-2,4-6,8-9,16H2. The normalized spacial score (nSPS) is 17.5. The van der Waals surface area contributed by atoms with Gasteiger partial charge >= 0.3 is 0 Å². The third-order valence-corrected chi connectivity index (χ3v) is 4.54. The zero-order valence-corrected chi connectivity index (χ0v) is 13.7. The summed E-state index contributed by atoms with van der Waals surface area (Å²) in [7, 11) is 0. The van der Waals surface area contributed by atoms with Crippen molar-refractivity contribution >= 4 is 17.2 Å². The molecule has 1 aliphatic rings. The number of amides is 1. The van der Waals surface area contributed by atoms with Crippen LogP contribution < -0.4 is 5.73 Å². The third-order valence-electron chi connectivity index (χ3n) is 3.80. The molecule has 3 heterocycles. The number of thiophene rings is 1. The number of carbonyl (C=O) groups is 1. The number of nitrogens with zero attached hydrogens (tertiary/aromatic N) is 4. The lowest BCUT2D eigenvalue weighted by molar-refractivity contribution is 0.0503. The smallest absolute Gasteiger partial charge is 0.276 e. The van der Waals surface area contributed by atoms with Crippen LogP contribution in [-0.4, -0.2) is 51.6 Å². The summed E-state index contributed by atoms with van der Waals surface area (Å²) in [5, 5.41) is 12.0. The van der Waals surface area contributed by atoms with Crippen LogP contribution in [0.5, 0.6) is 0 Å². The molecule has 1 atom stereocenters. The van der Waals surface area contributed by atoms with Gasteiger partial charge in [-0.3, -0.25) is 9.48 Å². The van der Waals surface area contributed by atoms with Gasteiger partial charge < -0.3 is 15.4 Å². The number of carbonyl (C=O) groups excluding carboxylic acids is 1. The van der Waals surface area contributed by atoms with Crippen molar-refractivity contribution < 1.29 is 9.53 Å². The van der Waals surface area contributed by atoms with E-state index < -0.39 is 0 Å². The minimum atomic E-state index is -0.116. The molecule has 1 amide bonds. The summed E-state index contributed by atoms with van der Waals surface area (Å²) >= 11 is 1.63. The van der Waals surface area contributed by atoms with Crippen LogP contribution in [-0.2, 0) is 17.8 Å². The molecular weight excluding hydrogens is 314 g/mol. The van der Waals surface area contributed by atoms with Crippen molar-refractivity contribution in [2.45, 2.75) is 32.0 Å². The maximum absolute atomic E-state index is 12.8. The van der Waals surface area contributed by atoms with E-state index in [4.69, 9.17) is 10.5 Å². The molecule has 2 aromatic heterocycles. The summed E-state index contributed by atoms with van der Waals surface area (Å²) in [6.07, 6.45) is 3.81. The highest BCUT2D eigenvalue weighted by atomic mass is 32.1. The Bertz CT molecular complexity index is 622. The fourth-order valence-electron chi connectivity index (χ4n) is 2.66. The second kappa shape index (κ2) is 7.67. The first kappa shape index (κ1) is 16.1. The average molecular weight is 335 g/mol. The highest BCUT2D eigenvalue weighted by Crippen LogP contribution is 2.17. The van der Waals surface area contributed by atoms with Gasteiger partial charge in [-0.05, 0) is 35.2 Å². The molecule has 1 unspecified atom stereocenters. The molecule has 0 saturated carbocycles. The molecule has 0 spiro atoms. The number of hydrogen-bond donors (Lipinski definition) is 1. The maximum Gasteiger partial charge on any atom is 0.276 e. The number of nitrogens with two attached hydrogens (primary N) is 1. The van der Waals surface area contributed by atoms with E-state index >= 15 is 0 Å². The van der Waals surface area contributed by atoms with Crippen LogP contribution in [0.4, 0.5) is 0 Å². The van der Waals surface area contributed by atoms with E-state index in [-0.39, 0.29) is 12.0 Å². The summed E-state index contributed by atoms with van der Waals surface area (Å²) in [4.78, 5) is 14.6. The second-order valence-corrected chi connectivity index (χ2v) is 6.39. The summed E-state index contributed by atoms with van der Waals surface area (Å²) in [6, 6.07) is 2.03. The molecule has 0 aromatic carbocycles. The van der Waals surface area contributed by atoms with Gasteiger partial charge in [0.25, 0.3) is 5.91 Å². The highest BCUT2D eigenvalue weighted by Gasteiger charge is 2.25. The summed E-state index contributed by atoms with van der Waals surface area (Å²) < 4.78 is 7.28. The molecule has 3 rings (SSSR count). The van der Waals surface area contributed by atoms with Gasteiger partial charge in [0.15, 0.2) is 5.69 Å². The van der Waals surface area contributed by atoms with Crippen LogP contribution in [0.15, 0.2) is 23.0 Å². The van der Waals surface area contributed by atoms with Gasteiger partial charge in [-0.2, -0.15) is 11.3 Å². The van der Waals surface area contributed by atoms with E-state index in [0.29, 0.717) is 31.9 Å². The van der Waals surface area contributed by atoms with Gasteiger partial charge in [0.05, 0.1) is 18.8 Å². The molecule has 1 aliphatic heterocycles. The Hall–Kier alpha value is -1.77. The lowest BCUT2D eigenvalue weighted by Crippen LogP contribution is -2.37. The quantitative estimate of drug-likeness (QED) is 0.819. The first-order valence-electron chi connectivity index (χ1n) is 7.78. The SMILES string of the molecule is NCCn1cc(C(=O)N(Cc2ccsc2)CC2CCCO2)nn1. The summed E-state index contributed by atoms with van der Waals surface area (Å²) in [5.74, 6) is -0.116. The Kier molecular flexibility index (Phi) is 5.37. The number of hydrogen-bond acceptors (Lipinski definition) is 6. The maximum atomic E-state index is 12.8. The van der Waals surface area contributed by atoms with Gasteiger partial charge in [0.1, 0.15) is 0 Å². The van der Waals surface area contributed by atoms with Crippen LogP contribution >= 0.6 is 11.3 Å². The van der Waals surface area contributed by atoms with Gasteiger partial charge in [0.2, 0.25) is 0 Å². The van der Waals surface area contributed by atoms with Gasteiger partial charge in [-0.15, -0.1) is 5.10 Å². The largest absolute Gasteiger partial charge is 0.376 e. The molecule has 7 nitrogen and oxygen atoms in total. The minimum Gasteiger partial charge on any atom is -0.376 e. The fourth-order valence-corrected chi connectivity index (χ4v) is 3.32. The van der Waals surface area contributed by atoms with Crippen molar-refractivity contribution in [1.82, 2.24) is 19.9 Å². The molecule has 0 radical (unpaired) electrons. The zero-order chi connectivity index (χ0) is 16.1. The Balaban J connectivity index is 1.73. The number of rotatable bonds is 7. The summed E-state index contributed by atoms with van der Waals surface area (Å²) in [6.45, 7) is 2.93. The third kappa shape index (κ3) is 4.15. The molecule has 8 heteroatoms. The van der Waals surface area contributed by atoms with E-state index in [1.807, 2.05) is 11.4 Å². The van der Waals surface area contributed by atoms with Crippen molar-refractivity contribution in [3.63, 3.8) is 0 Å². The van der Waals surface area contributed by atoms with Crippen LogP contribution in [0.1, 0.15) is 28.9 Å². The predicted molar refractivity (Wildman–Crippen MR) is 87.1 cm³/mol. The molecule has 1 saturated heterocycles. The number of ether oxygens (including phenoxy) is 1. The van der Waals surface area contributed by atoms with Crippen LogP contribution in [0.2, 0.25) is 0 Å². The van der Waals surface area contributed by atoms with Crippen LogP contribution in [0, 0.1) is 0 Å². The van der Waals surface area contributed by atoms with E-state index in [2.05, 4.69) is 15.7 Å². The van der Waals surface area contributed by atoms with Gasteiger partial charge in [-0.1, -0.05) is 5.21 Å². The van der Waals surface area contributed by atoms with Crippen molar-refractivity contribution in [2.24, 2.45) is 5.73 Å². The molecule has 0 bridgehead atoms. The van der Waals surface area contributed by atoms with E-state index in [0.717, 1.165) is 25.0 Å². The minimum absolute atomic E-state index is 0.108. The fraction of sp³-hybridized carbons (Fsp3) is 0.533. The van der Waals surface area contributed by atoms with E-state index in [9.17, 15) is 4.79 Å². The zero-order valence-electron chi connectivity index (χ0n) is 12.9. The van der Waals surface area contributed by atoms with E-state index in [1.165, 1.54) is 0 Å². The molecule has 124 valence electrons. The highest BCUT2D eigenvalue weighted by molar-refractivity contribution is 7.07. The molecule has 23 heavy (non-hydrogen) atoms.